The van der Waals surface area contributed by atoms with E-state index >= 15 is 0 Å². The highest BCUT2D eigenvalue weighted by Gasteiger charge is 2.17. The first-order chi connectivity index (χ1) is 10.6. The monoisotopic (exact) mass is 301 g/mol. The van der Waals surface area contributed by atoms with E-state index in [0.717, 1.165) is 31.6 Å². The maximum Gasteiger partial charge on any atom is 0.270 e. The van der Waals surface area contributed by atoms with Gasteiger partial charge in [-0.15, -0.1) is 0 Å². The molecule has 0 atom stereocenters. The number of non-ortho nitro benzene ring substituents is 1. The lowest BCUT2D eigenvalue weighted by molar-refractivity contribution is -0.384. The number of nitrogens with zero attached hydrogens (tertiary/aromatic N) is 4. The van der Waals surface area contributed by atoms with Crippen molar-refractivity contribution in [2.24, 2.45) is 5.10 Å². The molecule has 1 N–H and O–H groups in total. The summed E-state index contributed by atoms with van der Waals surface area (Å²) in [6.07, 6.45) is 3.24. The zero-order chi connectivity index (χ0) is 15.9. The molecule has 0 aromatic heterocycles. The molecule has 22 heavy (non-hydrogen) atoms. The van der Waals surface area contributed by atoms with Crippen LogP contribution in [0.5, 0.6) is 0 Å². The van der Waals surface area contributed by atoms with Gasteiger partial charge in [-0.05, 0) is 18.9 Å². The highest BCUT2D eigenvalue weighted by atomic mass is 16.6. The van der Waals surface area contributed by atoms with Crippen LogP contribution in [0.15, 0.2) is 23.3 Å². The Balaban J connectivity index is 2.23. The van der Waals surface area contributed by atoms with Gasteiger partial charge in [0.15, 0.2) is 0 Å². The van der Waals surface area contributed by atoms with E-state index in [0.29, 0.717) is 5.56 Å². The van der Waals surface area contributed by atoms with Gasteiger partial charge in [0, 0.05) is 36.5 Å². The Labute approximate surface area is 127 Å². The van der Waals surface area contributed by atoms with Crippen LogP contribution in [0.1, 0.15) is 24.8 Å². The van der Waals surface area contributed by atoms with Gasteiger partial charge in [0.2, 0.25) is 0 Å². The summed E-state index contributed by atoms with van der Waals surface area (Å²) >= 11 is 0. The molecule has 0 bridgehead atoms. The minimum absolute atomic E-state index is 0.0345. The van der Waals surface area contributed by atoms with E-state index in [1.165, 1.54) is 18.3 Å². The average Bonchev–Trinajstić information content (AvgIpc) is 3.01. The Morgan fingerprint density at radius 2 is 2.23 bits per heavy atom. The molecule has 1 aliphatic rings. The predicted octanol–water partition coefficient (Wildman–Crippen LogP) is 1.56. The number of anilines is 1. The fourth-order valence-electron chi connectivity index (χ4n) is 2.29. The summed E-state index contributed by atoms with van der Waals surface area (Å²) in [4.78, 5) is 23.7. The van der Waals surface area contributed by atoms with Gasteiger partial charge in [-0.3, -0.25) is 14.9 Å². The number of carbonyl (C=O) groups is 1. The van der Waals surface area contributed by atoms with E-state index < -0.39 is 10.8 Å². The van der Waals surface area contributed by atoms with E-state index in [2.05, 4.69) is 15.4 Å². The molecule has 1 aliphatic heterocycles. The molecule has 8 nitrogen and oxygen atoms in total. The first kappa shape index (κ1) is 15.4. The number of carbonyl (C=O) groups excluding carboxylic acids is 1. The molecule has 1 aromatic rings. The number of rotatable bonds is 5. The summed E-state index contributed by atoms with van der Waals surface area (Å²) in [6.45, 7) is 1.78. The zero-order valence-electron chi connectivity index (χ0n) is 11.9. The van der Waals surface area contributed by atoms with Crippen molar-refractivity contribution in [3.63, 3.8) is 0 Å². The van der Waals surface area contributed by atoms with Crippen LogP contribution in [-0.2, 0) is 4.79 Å². The fourth-order valence-corrected chi connectivity index (χ4v) is 2.29. The van der Waals surface area contributed by atoms with Crippen molar-refractivity contribution in [3.05, 3.63) is 33.9 Å². The maximum absolute atomic E-state index is 11.2. The topological polar surface area (TPSA) is 112 Å². The molecule has 8 heteroatoms. The van der Waals surface area contributed by atoms with Crippen LogP contribution < -0.4 is 10.3 Å². The van der Waals surface area contributed by atoms with Crippen molar-refractivity contribution in [3.8, 4) is 6.07 Å². The smallest absolute Gasteiger partial charge is 0.270 e. The second-order valence-electron chi connectivity index (χ2n) is 4.82. The third-order valence-corrected chi connectivity index (χ3v) is 3.30. The molecular formula is C14H15N5O3. The van der Waals surface area contributed by atoms with E-state index in [4.69, 9.17) is 5.26 Å². The van der Waals surface area contributed by atoms with Crippen molar-refractivity contribution >= 4 is 23.5 Å². The summed E-state index contributed by atoms with van der Waals surface area (Å²) < 4.78 is 0. The van der Waals surface area contributed by atoms with E-state index in [1.807, 2.05) is 0 Å². The number of hydrogen-bond acceptors (Lipinski definition) is 6. The van der Waals surface area contributed by atoms with Crippen molar-refractivity contribution in [2.75, 3.05) is 18.0 Å². The van der Waals surface area contributed by atoms with Gasteiger partial charge in [0.05, 0.1) is 17.2 Å². The van der Waals surface area contributed by atoms with Gasteiger partial charge < -0.3 is 4.90 Å². The summed E-state index contributed by atoms with van der Waals surface area (Å²) in [5.74, 6) is -0.521. The number of nitro groups is 1. The molecule has 0 unspecified atom stereocenters. The first-order valence-electron chi connectivity index (χ1n) is 6.84. The lowest BCUT2D eigenvalue weighted by Crippen LogP contribution is -2.20. The number of nitrogens with one attached hydrogen (secondary N) is 1. The van der Waals surface area contributed by atoms with Gasteiger partial charge in [-0.1, -0.05) is 0 Å². The van der Waals surface area contributed by atoms with Crippen LogP contribution in [-0.4, -0.2) is 30.1 Å². The lowest BCUT2D eigenvalue weighted by atomic mass is 10.1. The third-order valence-electron chi connectivity index (χ3n) is 3.30. The minimum atomic E-state index is -0.521. The predicted molar refractivity (Wildman–Crippen MR) is 80.5 cm³/mol. The second kappa shape index (κ2) is 7.17. The number of nitro benzene ring substituents is 1. The Kier molecular flexibility index (Phi) is 5.03. The number of nitriles is 1. The molecule has 0 saturated carbocycles. The summed E-state index contributed by atoms with van der Waals surface area (Å²) in [5.41, 5.74) is 3.60. The second-order valence-corrected chi connectivity index (χ2v) is 4.82. The molecule has 1 heterocycles. The molecule has 1 saturated heterocycles. The molecule has 1 amide bonds. The van der Waals surface area contributed by atoms with Crippen LogP contribution >= 0.6 is 0 Å². The van der Waals surface area contributed by atoms with Gasteiger partial charge >= 0.3 is 0 Å². The fraction of sp³-hybridized carbons (Fsp3) is 0.357. The highest BCUT2D eigenvalue weighted by Crippen LogP contribution is 2.27. The molecule has 1 aromatic carbocycles. The number of hydrazone groups is 1. The normalized spacial score (nSPS) is 14.0. The zero-order valence-corrected chi connectivity index (χ0v) is 11.9. The van der Waals surface area contributed by atoms with Crippen LogP contribution in [0, 0.1) is 21.4 Å². The van der Waals surface area contributed by atoms with Crippen molar-refractivity contribution < 1.29 is 9.72 Å². The number of hydrogen-bond donors (Lipinski definition) is 1. The average molecular weight is 301 g/mol. The van der Waals surface area contributed by atoms with Crippen molar-refractivity contribution in [1.82, 2.24) is 5.43 Å². The molecule has 0 aliphatic carbocycles. The van der Waals surface area contributed by atoms with E-state index in [9.17, 15) is 14.9 Å². The van der Waals surface area contributed by atoms with Crippen molar-refractivity contribution in [1.29, 1.82) is 5.26 Å². The molecule has 114 valence electrons. The van der Waals surface area contributed by atoms with Crippen molar-refractivity contribution in [2.45, 2.75) is 19.3 Å². The third kappa shape index (κ3) is 3.79. The maximum atomic E-state index is 11.2. The van der Waals surface area contributed by atoms with Gasteiger partial charge in [0.25, 0.3) is 11.6 Å². The Bertz CT molecular complexity index is 644. The minimum Gasteiger partial charge on any atom is -0.371 e. The van der Waals surface area contributed by atoms with Crippen LogP contribution in [0.4, 0.5) is 11.4 Å². The first-order valence-corrected chi connectivity index (χ1v) is 6.84. The quantitative estimate of drug-likeness (QED) is 0.504. The largest absolute Gasteiger partial charge is 0.371 e. The van der Waals surface area contributed by atoms with Gasteiger partial charge in [0.1, 0.15) is 6.42 Å². The highest BCUT2D eigenvalue weighted by molar-refractivity contribution is 5.90. The van der Waals surface area contributed by atoms with Gasteiger partial charge in [-0.2, -0.15) is 10.4 Å². The number of amides is 1. The molecule has 2 rings (SSSR count). The Morgan fingerprint density at radius 1 is 1.50 bits per heavy atom. The van der Waals surface area contributed by atoms with E-state index in [1.54, 1.807) is 12.1 Å². The molecule has 0 radical (unpaired) electrons. The summed E-state index contributed by atoms with van der Waals surface area (Å²) in [6, 6.07) is 6.29. The van der Waals surface area contributed by atoms with E-state index in [-0.39, 0.29) is 12.1 Å². The van der Waals surface area contributed by atoms with Crippen LogP contribution in [0.3, 0.4) is 0 Å². The molecule has 1 fully saturated rings. The SMILES string of the molecule is N#CCC(=O)NN=Cc1cc([N+](=O)[O-])ccc1N1CCCC1. The van der Waals surface area contributed by atoms with Crippen LogP contribution in [0.25, 0.3) is 0 Å². The summed E-state index contributed by atoms with van der Waals surface area (Å²) in [5, 5.41) is 23.1. The Hall–Kier alpha value is -2.95. The van der Waals surface area contributed by atoms with Crippen LogP contribution in [0.2, 0.25) is 0 Å². The Morgan fingerprint density at radius 3 is 2.86 bits per heavy atom. The summed E-state index contributed by atoms with van der Waals surface area (Å²) in [7, 11) is 0. The van der Waals surface area contributed by atoms with Gasteiger partial charge in [-0.25, -0.2) is 5.43 Å². The lowest BCUT2D eigenvalue weighted by Gasteiger charge is -2.19. The molecular weight excluding hydrogens is 286 g/mol. The molecule has 0 spiro atoms. The number of benzene rings is 1. The standard InChI is InChI=1S/C14H15N5O3/c15-6-5-14(20)17-16-10-11-9-12(19(21)22)3-4-13(11)18-7-1-2-8-18/h3-4,9-10H,1-2,5,7-8H2,(H,17,20).